The Labute approximate surface area is 184 Å². The molecule has 4 rings (SSSR count). The highest BCUT2D eigenvalue weighted by Crippen LogP contribution is 2.36. The minimum Gasteiger partial charge on any atom is -0.365 e. The minimum absolute atomic E-state index is 0.295. The van der Waals surface area contributed by atoms with Crippen LogP contribution >= 0.6 is 23.2 Å². The number of hydrogen-bond acceptors (Lipinski definition) is 6. The fourth-order valence-electron chi connectivity index (χ4n) is 4.14. The van der Waals surface area contributed by atoms with Crippen LogP contribution in [0.25, 0.3) is 11.3 Å². The number of rotatable bonds is 6. The van der Waals surface area contributed by atoms with E-state index in [4.69, 9.17) is 34.2 Å². The summed E-state index contributed by atoms with van der Waals surface area (Å²) in [6.07, 6.45) is 2.17. The van der Waals surface area contributed by atoms with E-state index in [2.05, 4.69) is 16.5 Å². The van der Waals surface area contributed by atoms with Crippen molar-refractivity contribution in [1.82, 2.24) is 20.0 Å². The van der Waals surface area contributed by atoms with Crippen LogP contribution < -0.4 is 11.1 Å². The van der Waals surface area contributed by atoms with E-state index in [-0.39, 0.29) is 5.54 Å². The second-order valence-electron chi connectivity index (χ2n) is 7.84. The maximum atomic E-state index is 12.3. The molecule has 2 aromatic rings. The highest BCUT2D eigenvalue weighted by Gasteiger charge is 2.40. The molecule has 1 fully saturated rings. The number of benzene rings is 1. The summed E-state index contributed by atoms with van der Waals surface area (Å²) < 4.78 is 1.75. The number of nitrogens with two attached hydrogens (primary N) is 1. The predicted molar refractivity (Wildman–Crippen MR) is 113 cm³/mol. The third-order valence-corrected chi connectivity index (χ3v) is 6.70. The number of aromatic nitrogens is 2. The summed E-state index contributed by atoms with van der Waals surface area (Å²) in [6.45, 7) is 1.31. The number of nitriles is 1. The van der Waals surface area contributed by atoms with E-state index in [9.17, 15) is 9.90 Å². The number of hydrogen-bond donors (Lipinski definition) is 3. The lowest BCUT2D eigenvalue weighted by Gasteiger charge is -2.45. The van der Waals surface area contributed by atoms with Crippen LogP contribution in [0.4, 0.5) is 0 Å². The van der Waals surface area contributed by atoms with Crippen LogP contribution in [0, 0.1) is 11.3 Å². The average molecular weight is 449 g/mol. The number of halogens is 2. The van der Waals surface area contributed by atoms with Gasteiger partial charge in [-0.1, -0.05) is 29.3 Å². The fourth-order valence-corrected chi connectivity index (χ4v) is 4.44. The molecule has 1 aliphatic carbocycles. The Morgan fingerprint density at radius 2 is 2.13 bits per heavy atom. The molecule has 1 amide bonds. The molecule has 2 aliphatic rings. The molecule has 8 nitrogen and oxygen atoms in total. The molecule has 1 aromatic carbocycles. The van der Waals surface area contributed by atoms with Gasteiger partial charge in [-0.2, -0.15) is 10.4 Å². The Hall–Kier alpha value is -2.15. The van der Waals surface area contributed by atoms with E-state index in [1.54, 1.807) is 22.9 Å². The number of nitrogens with zero attached hydrogens (tertiary/aromatic N) is 4. The molecule has 158 valence electrons. The summed E-state index contributed by atoms with van der Waals surface area (Å²) in [5, 5.41) is 28.4. The molecule has 1 atom stereocenters. The van der Waals surface area contributed by atoms with Gasteiger partial charge in [0.2, 0.25) is 0 Å². The van der Waals surface area contributed by atoms with Crippen LogP contribution in [0.3, 0.4) is 0 Å². The molecule has 2 heterocycles. The first kappa shape index (κ1) is 21.1. The lowest BCUT2D eigenvalue weighted by Crippen LogP contribution is -2.60. The maximum Gasteiger partial charge on any atom is 0.252 e. The number of carbonyl (C=O) groups excluding carboxylic acids is 1. The van der Waals surface area contributed by atoms with Crippen molar-refractivity contribution < 1.29 is 9.90 Å². The molecule has 1 aliphatic heterocycles. The SMILES string of the molecule is N#CCC1(NC(O)N2CCn3nc(-c4ccc(Cl)c(Cl)c4)c(C(N)=O)c3C2)CCC1. The first-order valence-electron chi connectivity index (χ1n) is 9.75. The van der Waals surface area contributed by atoms with Gasteiger partial charge in [-0.25, -0.2) is 0 Å². The molecule has 0 bridgehead atoms. The topological polar surface area (TPSA) is 120 Å². The lowest BCUT2D eigenvalue weighted by atomic mass is 9.75. The van der Waals surface area contributed by atoms with E-state index in [1.165, 1.54) is 0 Å². The second kappa shape index (κ2) is 8.17. The highest BCUT2D eigenvalue weighted by molar-refractivity contribution is 6.42. The van der Waals surface area contributed by atoms with Crippen molar-refractivity contribution in [3.63, 3.8) is 0 Å². The van der Waals surface area contributed by atoms with Gasteiger partial charge in [0.15, 0.2) is 6.35 Å². The fraction of sp³-hybridized carbons (Fsp3) is 0.450. The van der Waals surface area contributed by atoms with Crippen LogP contribution in [0.5, 0.6) is 0 Å². The zero-order valence-electron chi connectivity index (χ0n) is 16.2. The minimum atomic E-state index is -0.934. The van der Waals surface area contributed by atoms with Crippen molar-refractivity contribution in [3.05, 3.63) is 39.5 Å². The Morgan fingerprint density at radius 3 is 2.73 bits per heavy atom. The Bertz CT molecular complexity index is 1030. The van der Waals surface area contributed by atoms with Crippen LogP contribution in [-0.2, 0) is 13.1 Å². The number of amides is 1. The molecule has 1 aromatic heterocycles. The first-order chi connectivity index (χ1) is 14.3. The molecule has 0 spiro atoms. The summed E-state index contributed by atoms with van der Waals surface area (Å²) in [5.41, 5.74) is 7.39. The van der Waals surface area contributed by atoms with Crippen LogP contribution in [0.2, 0.25) is 10.0 Å². The summed E-state index contributed by atoms with van der Waals surface area (Å²) >= 11 is 12.1. The van der Waals surface area contributed by atoms with Crippen LogP contribution in [0.15, 0.2) is 18.2 Å². The standard InChI is InChI=1S/C20H22Cl2N6O2/c21-13-3-2-12(10-14(13)22)17-16(18(24)29)15-11-27(8-9-28(15)26-17)19(30)25-20(6-7-23)4-1-5-20/h2-3,10,19,25,30H,1,4-6,8-9,11H2,(H2,24,29). The van der Waals surface area contributed by atoms with E-state index in [0.29, 0.717) is 58.6 Å². The molecular formula is C20H22Cl2N6O2. The second-order valence-corrected chi connectivity index (χ2v) is 8.66. The van der Waals surface area contributed by atoms with Crippen LogP contribution in [0.1, 0.15) is 41.7 Å². The normalized spacial score (nSPS) is 18.9. The van der Waals surface area contributed by atoms with Crippen molar-refractivity contribution in [2.45, 2.75) is 50.7 Å². The average Bonchev–Trinajstić information content (AvgIpc) is 3.07. The number of nitrogens with one attached hydrogen (secondary N) is 1. The molecule has 1 unspecified atom stereocenters. The van der Waals surface area contributed by atoms with Crippen molar-refractivity contribution >= 4 is 29.1 Å². The van der Waals surface area contributed by atoms with Crippen LogP contribution in [-0.4, -0.2) is 44.1 Å². The number of aliphatic hydroxyl groups excluding tert-OH is 1. The van der Waals surface area contributed by atoms with Crippen molar-refractivity contribution in [3.8, 4) is 17.3 Å². The number of carbonyl (C=O) groups is 1. The zero-order valence-corrected chi connectivity index (χ0v) is 17.7. The van der Waals surface area contributed by atoms with E-state index < -0.39 is 12.3 Å². The molecule has 10 heteroatoms. The van der Waals surface area contributed by atoms with Gasteiger partial charge in [0, 0.05) is 24.2 Å². The van der Waals surface area contributed by atoms with E-state index in [1.807, 2.05) is 4.90 Å². The van der Waals surface area contributed by atoms with Crippen molar-refractivity contribution in [2.24, 2.45) is 5.73 Å². The molecule has 0 radical (unpaired) electrons. The van der Waals surface area contributed by atoms with Gasteiger partial charge in [-0.15, -0.1) is 0 Å². The Morgan fingerprint density at radius 1 is 1.37 bits per heavy atom. The molecule has 4 N–H and O–H groups in total. The quantitative estimate of drug-likeness (QED) is 0.583. The maximum absolute atomic E-state index is 12.3. The van der Waals surface area contributed by atoms with E-state index >= 15 is 0 Å². The Balaban J connectivity index is 1.61. The monoisotopic (exact) mass is 448 g/mol. The van der Waals surface area contributed by atoms with E-state index in [0.717, 1.165) is 19.3 Å². The molecule has 1 saturated carbocycles. The number of primary amides is 1. The van der Waals surface area contributed by atoms with Gasteiger partial charge in [0.25, 0.3) is 5.91 Å². The molecule has 30 heavy (non-hydrogen) atoms. The van der Waals surface area contributed by atoms with Gasteiger partial charge >= 0.3 is 0 Å². The van der Waals surface area contributed by atoms with Gasteiger partial charge in [0.05, 0.1) is 40.3 Å². The Kier molecular flexibility index (Phi) is 5.75. The largest absolute Gasteiger partial charge is 0.365 e. The van der Waals surface area contributed by atoms with Gasteiger partial charge in [0.1, 0.15) is 5.69 Å². The van der Waals surface area contributed by atoms with Gasteiger partial charge in [-0.3, -0.25) is 19.7 Å². The summed E-state index contributed by atoms with van der Waals surface area (Å²) in [5.74, 6) is -0.596. The third-order valence-electron chi connectivity index (χ3n) is 5.96. The summed E-state index contributed by atoms with van der Waals surface area (Å²) in [4.78, 5) is 14.1. The lowest BCUT2D eigenvalue weighted by molar-refractivity contribution is -0.0706. The molecule has 0 saturated heterocycles. The van der Waals surface area contributed by atoms with Crippen molar-refractivity contribution in [1.29, 1.82) is 5.26 Å². The van der Waals surface area contributed by atoms with Crippen molar-refractivity contribution in [2.75, 3.05) is 6.54 Å². The highest BCUT2D eigenvalue weighted by atomic mass is 35.5. The van der Waals surface area contributed by atoms with Gasteiger partial charge < -0.3 is 10.8 Å². The third kappa shape index (κ3) is 3.80. The number of fused-ring (bicyclic) bond motifs is 1. The van der Waals surface area contributed by atoms with Gasteiger partial charge in [-0.05, 0) is 31.4 Å². The molecular weight excluding hydrogens is 427 g/mol. The first-order valence-corrected chi connectivity index (χ1v) is 10.5. The zero-order chi connectivity index (χ0) is 21.5. The summed E-state index contributed by atoms with van der Waals surface area (Å²) in [6, 6.07) is 7.24. The smallest absolute Gasteiger partial charge is 0.252 e. The summed E-state index contributed by atoms with van der Waals surface area (Å²) in [7, 11) is 0. The number of aliphatic hydroxyl groups is 1. The predicted octanol–water partition coefficient (Wildman–Crippen LogP) is 2.47.